The highest BCUT2D eigenvalue weighted by molar-refractivity contribution is 5.94. The van der Waals surface area contributed by atoms with Crippen molar-refractivity contribution in [1.82, 2.24) is 0 Å². The van der Waals surface area contributed by atoms with Crippen LogP contribution in [0.2, 0.25) is 0 Å². The Hall–Kier alpha value is -3.89. The second-order valence-electron chi connectivity index (χ2n) is 6.76. The Labute approximate surface area is 187 Å². The number of esters is 2. The molecule has 0 aliphatic heterocycles. The lowest BCUT2D eigenvalue weighted by Gasteiger charge is -2.10. The highest BCUT2D eigenvalue weighted by atomic mass is 19.4. The number of ether oxygens (including phenoxy) is 2. The molecule has 0 unspecified atom stereocenters. The standard InChI is InChI=1S/C22H21F3N2O6/c1-32-21(31)14-8-10-16(11-9-14)26-18(28)6-3-7-20(30)33-13-19(29)27-17-5-2-4-15(12-17)22(23,24)25/h2,4-5,8-12H,3,6-7,13H2,1H3,(H,26,28)(H,27,29). The van der Waals surface area contributed by atoms with Crippen LogP contribution in [-0.2, 0) is 30.0 Å². The zero-order valence-electron chi connectivity index (χ0n) is 17.5. The van der Waals surface area contributed by atoms with Crippen LogP contribution in [0.15, 0.2) is 48.5 Å². The van der Waals surface area contributed by atoms with Crippen LogP contribution >= 0.6 is 0 Å². The number of amides is 2. The monoisotopic (exact) mass is 466 g/mol. The summed E-state index contributed by atoms with van der Waals surface area (Å²) in [6, 6.07) is 10.1. The molecule has 0 fully saturated rings. The predicted molar refractivity (Wildman–Crippen MR) is 111 cm³/mol. The lowest BCUT2D eigenvalue weighted by molar-refractivity contribution is -0.147. The Morgan fingerprint density at radius 3 is 2.18 bits per heavy atom. The number of rotatable bonds is 9. The van der Waals surface area contributed by atoms with E-state index in [4.69, 9.17) is 4.74 Å². The molecule has 0 heterocycles. The van der Waals surface area contributed by atoms with Gasteiger partial charge in [0, 0.05) is 24.2 Å². The number of methoxy groups -OCH3 is 1. The van der Waals surface area contributed by atoms with Crippen molar-refractivity contribution in [1.29, 1.82) is 0 Å². The molecule has 33 heavy (non-hydrogen) atoms. The largest absolute Gasteiger partial charge is 0.465 e. The van der Waals surface area contributed by atoms with Crippen molar-refractivity contribution >= 4 is 35.1 Å². The summed E-state index contributed by atoms with van der Waals surface area (Å²) >= 11 is 0. The van der Waals surface area contributed by atoms with Gasteiger partial charge in [-0.2, -0.15) is 13.2 Å². The summed E-state index contributed by atoms with van der Waals surface area (Å²) in [5.41, 5.74) is -0.214. The molecular weight excluding hydrogens is 445 g/mol. The van der Waals surface area contributed by atoms with Gasteiger partial charge in [-0.1, -0.05) is 6.07 Å². The van der Waals surface area contributed by atoms with Gasteiger partial charge in [0.2, 0.25) is 5.91 Å². The average molecular weight is 466 g/mol. The zero-order chi connectivity index (χ0) is 24.4. The molecule has 8 nitrogen and oxygen atoms in total. The van der Waals surface area contributed by atoms with E-state index in [1.807, 2.05) is 0 Å². The van der Waals surface area contributed by atoms with Crippen LogP contribution in [0.5, 0.6) is 0 Å². The van der Waals surface area contributed by atoms with Gasteiger partial charge < -0.3 is 20.1 Å². The van der Waals surface area contributed by atoms with Crippen molar-refractivity contribution in [2.75, 3.05) is 24.4 Å². The molecule has 0 aliphatic carbocycles. The highest BCUT2D eigenvalue weighted by Gasteiger charge is 2.30. The van der Waals surface area contributed by atoms with E-state index in [0.29, 0.717) is 11.3 Å². The minimum Gasteiger partial charge on any atom is -0.465 e. The molecule has 2 rings (SSSR count). The van der Waals surface area contributed by atoms with Gasteiger partial charge in [-0.3, -0.25) is 14.4 Å². The second kappa shape index (κ2) is 11.7. The van der Waals surface area contributed by atoms with E-state index >= 15 is 0 Å². The third kappa shape index (κ3) is 8.63. The molecule has 0 bridgehead atoms. The van der Waals surface area contributed by atoms with Crippen LogP contribution in [0.3, 0.4) is 0 Å². The maximum atomic E-state index is 12.7. The smallest absolute Gasteiger partial charge is 0.416 e. The van der Waals surface area contributed by atoms with E-state index in [1.54, 1.807) is 0 Å². The second-order valence-corrected chi connectivity index (χ2v) is 6.76. The minimum absolute atomic E-state index is 0.00425. The molecule has 176 valence electrons. The molecule has 0 spiro atoms. The van der Waals surface area contributed by atoms with Gasteiger partial charge in [0.05, 0.1) is 18.2 Å². The molecule has 0 saturated heterocycles. The molecule has 0 radical (unpaired) electrons. The fourth-order valence-corrected chi connectivity index (χ4v) is 2.61. The van der Waals surface area contributed by atoms with Gasteiger partial charge in [0.1, 0.15) is 0 Å². The van der Waals surface area contributed by atoms with Gasteiger partial charge in [-0.15, -0.1) is 0 Å². The van der Waals surface area contributed by atoms with Crippen LogP contribution < -0.4 is 10.6 Å². The molecule has 0 aliphatic rings. The number of nitrogens with one attached hydrogen (secondary N) is 2. The molecule has 2 aromatic rings. The number of halogens is 3. The van der Waals surface area contributed by atoms with E-state index in [-0.39, 0.29) is 30.9 Å². The lowest BCUT2D eigenvalue weighted by Crippen LogP contribution is -2.21. The summed E-state index contributed by atoms with van der Waals surface area (Å²) in [4.78, 5) is 46.8. The first-order valence-electron chi connectivity index (χ1n) is 9.69. The molecule has 2 aromatic carbocycles. The van der Waals surface area contributed by atoms with Gasteiger partial charge in [-0.05, 0) is 48.9 Å². The van der Waals surface area contributed by atoms with Crippen molar-refractivity contribution in [2.45, 2.75) is 25.4 Å². The first-order chi connectivity index (χ1) is 15.6. The Balaban J connectivity index is 1.68. The van der Waals surface area contributed by atoms with Gasteiger partial charge in [-0.25, -0.2) is 4.79 Å². The molecule has 0 atom stereocenters. The molecular formula is C22H21F3N2O6. The van der Waals surface area contributed by atoms with Crippen molar-refractivity contribution in [3.05, 3.63) is 59.7 Å². The minimum atomic E-state index is -4.55. The maximum absolute atomic E-state index is 12.7. The Bertz CT molecular complexity index is 1010. The maximum Gasteiger partial charge on any atom is 0.416 e. The summed E-state index contributed by atoms with van der Waals surface area (Å²) in [5, 5.41) is 4.82. The highest BCUT2D eigenvalue weighted by Crippen LogP contribution is 2.30. The van der Waals surface area contributed by atoms with E-state index in [9.17, 15) is 32.3 Å². The lowest BCUT2D eigenvalue weighted by atomic mass is 10.2. The van der Waals surface area contributed by atoms with Crippen molar-refractivity contribution < 1.29 is 41.8 Å². The third-order valence-corrected chi connectivity index (χ3v) is 4.21. The fraction of sp³-hybridized carbons (Fsp3) is 0.273. The Morgan fingerprint density at radius 2 is 1.55 bits per heavy atom. The van der Waals surface area contributed by atoms with Crippen molar-refractivity contribution in [2.24, 2.45) is 0 Å². The van der Waals surface area contributed by atoms with Crippen LogP contribution in [-0.4, -0.2) is 37.5 Å². The topological polar surface area (TPSA) is 111 Å². The average Bonchev–Trinajstić information content (AvgIpc) is 2.77. The SMILES string of the molecule is COC(=O)c1ccc(NC(=O)CCCC(=O)OCC(=O)Nc2cccc(C(F)(F)F)c2)cc1. The van der Waals surface area contributed by atoms with Crippen molar-refractivity contribution in [3.8, 4) is 0 Å². The van der Waals surface area contributed by atoms with Crippen LogP contribution in [0.1, 0.15) is 35.2 Å². The molecule has 0 saturated carbocycles. The quantitative estimate of drug-likeness (QED) is 0.544. The normalized spacial score (nSPS) is 10.8. The molecule has 11 heteroatoms. The number of carbonyl (C=O) groups excluding carboxylic acids is 4. The van der Waals surface area contributed by atoms with Gasteiger partial charge in [0.15, 0.2) is 6.61 Å². The van der Waals surface area contributed by atoms with Crippen LogP contribution in [0, 0.1) is 0 Å². The van der Waals surface area contributed by atoms with E-state index in [1.165, 1.54) is 37.4 Å². The number of hydrogen-bond acceptors (Lipinski definition) is 6. The number of alkyl halides is 3. The Kier molecular flexibility index (Phi) is 8.96. The first kappa shape index (κ1) is 25.4. The van der Waals surface area contributed by atoms with E-state index < -0.39 is 36.2 Å². The van der Waals surface area contributed by atoms with Crippen LogP contribution in [0.4, 0.5) is 24.5 Å². The van der Waals surface area contributed by atoms with Gasteiger partial charge in [0.25, 0.3) is 5.91 Å². The molecule has 2 amide bonds. The number of carbonyl (C=O) groups is 4. The number of anilines is 2. The van der Waals surface area contributed by atoms with Gasteiger partial charge >= 0.3 is 18.1 Å². The fourth-order valence-electron chi connectivity index (χ4n) is 2.61. The summed E-state index contributed by atoms with van der Waals surface area (Å²) in [6.07, 6.45) is -4.53. The number of benzene rings is 2. The van der Waals surface area contributed by atoms with E-state index in [2.05, 4.69) is 15.4 Å². The molecule has 0 aromatic heterocycles. The van der Waals surface area contributed by atoms with Crippen LogP contribution in [0.25, 0.3) is 0 Å². The Morgan fingerprint density at radius 1 is 0.879 bits per heavy atom. The number of hydrogen-bond donors (Lipinski definition) is 2. The van der Waals surface area contributed by atoms with E-state index in [0.717, 1.165) is 18.2 Å². The van der Waals surface area contributed by atoms with Crippen molar-refractivity contribution in [3.63, 3.8) is 0 Å². The molecule has 2 N–H and O–H groups in total. The summed E-state index contributed by atoms with van der Waals surface area (Å²) in [6.45, 7) is -0.673. The summed E-state index contributed by atoms with van der Waals surface area (Å²) in [7, 11) is 1.26. The third-order valence-electron chi connectivity index (χ3n) is 4.21. The predicted octanol–water partition coefficient (Wildman–Crippen LogP) is 3.78. The zero-order valence-corrected chi connectivity index (χ0v) is 17.5. The summed E-state index contributed by atoms with van der Waals surface area (Å²) < 4.78 is 47.4. The first-order valence-corrected chi connectivity index (χ1v) is 9.69. The summed E-state index contributed by atoms with van der Waals surface area (Å²) in [5.74, 6) is -2.40.